The lowest BCUT2D eigenvalue weighted by atomic mass is 10.0. The summed E-state index contributed by atoms with van der Waals surface area (Å²) in [6, 6.07) is 8.01. The number of aromatic nitrogens is 1. The number of hydrogen-bond acceptors (Lipinski definition) is 2. The average Bonchev–Trinajstić information content (AvgIpc) is 3.04. The average molecular weight is 375 g/mol. The smallest absolute Gasteiger partial charge is 0.247 e. The number of carbonyl (C=O) groups excluding carboxylic acids is 2. The Bertz CT molecular complexity index is 1020. The normalized spacial score (nSPS) is 12.0. The molecule has 2 aromatic carbocycles. The maximum atomic E-state index is 13.8. The van der Waals surface area contributed by atoms with Crippen LogP contribution in [-0.2, 0) is 16.0 Å². The fraction of sp³-hybridized carbons (Fsp3) is 0.158. The lowest BCUT2D eigenvalue weighted by molar-refractivity contribution is -0.125. The van der Waals surface area contributed by atoms with E-state index in [2.05, 4.69) is 15.6 Å². The zero-order valence-corrected chi connectivity index (χ0v) is 14.3. The highest BCUT2D eigenvalue weighted by Crippen LogP contribution is 2.22. The van der Waals surface area contributed by atoms with Gasteiger partial charge in [0.1, 0.15) is 6.04 Å². The summed E-state index contributed by atoms with van der Waals surface area (Å²) in [5.41, 5.74) is 1.12. The molecule has 3 rings (SSSR count). The molecule has 2 amide bonds. The number of hydrogen-bond donors (Lipinski definition) is 3. The molecule has 140 valence electrons. The van der Waals surface area contributed by atoms with Crippen LogP contribution in [0.25, 0.3) is 10.9 Å². The van der Waals surface area contributed by atoms with Crippen molar-refractivity contribution >= 4 is 28.4 Å². The number of amides is 2. The van der Waals surface area contributed by atoms with E-state index < -0.39 is 41.0 Å². The second kappa shape index (κ2) is 7.53. The van der Waals surface area contributed by atoms with Crippen LogP contribution < -0.4 is 10.6 Å². The Morgan fingerprint density at radius 2 is 1.81 bits per heavy atom. The van der Waals surface area contributed by atoms with Gasteiger partial charge in [-0.1, -0.05) is 18.2 Å². The van der Waals surface area contributed by atoms with Crippen LogP contribution in [0.15, 0.2) is 42.6 Å². The molecule has 0 aliphatic carbocycles. The molecular formula is C19H16F3N3O2. The molecule has 1 atom stereocenters. The van der Waals surface area contributed by atoms with Gasteiger partial charge < -0.3 is 15.6 Å². The predicted molar refractivity (Wildman–Crippen MR) is 94.6 cm³/mol. The van der Waals surface area contributed by atoms with Gasteiger partial charge in [-0.05, 0) is 23.8 Å². The minimum absolute atomic E-state index is 0.126. The molecule has 0 bridgehead atoms. The Morgan fingerprint density at radius 1 is 1.07 bits per heavy atom. The molecule has 0 radical (unpaired) electrons. The molecule has 3 aromatic rings. The summed E-state index contributed by atoms with van der Waals surface area (Å²) >= 11 is 0. The van der Waals surface area contributed by atoms with Gasteiger partial charge >= 0.3 is 0 Å². The van der Waals surface area contributed by atoms with E-state index in [1.54, 1.807) is 6.20 Å². The van der Waals surface area contributed by atoms with Gasteiger partial charge in [0.05, 0.1) is 5.69 Å². The predicted octanol–water partition coefficient (Wildman–Crippen LogP) is 3.27. The highest BCUT2D eigenvalue weighted by Gasteiger charge is 2.23. The van der Waals surface area contributed by atoms with Gasteiger partial charge in [0.25, 0.3) is 0 Å². The second-order valence-corrected chi connectivity index (χ2v) is 6.03. The lowest BCUT2D eigenvalue weighted by Crippen LogP contribution is -2.44. The minimum atomic E-state index is -1.68. The van der Waals surface area contributed by atoms with E-state index in [-0.39, 0.29) is 6.42 Å². The van der Waals surface area contributed by atoms with Crippen molar-refractivity contribution in [1.29, 1.82) is 0 Å². The Morgan fingerprint density at radius 3 is 2.56 bits per heavy atom. The second-order valence-electron chi connectivity index (χ2n) is 6.03. The molecule has 27 heavy (non-hydrogen) atoms. The summed E-state index contributed by atoms with van der Waals surface area (Å²) < 4.78 is 40.2. The Kier molecular flexibility index (Phi) is 5.16. The zero-order valence-electron chi connectivity index (χ0n) is 14.3. The number of halogens is 3. The van der Waals surface area contributed by atoms with Crippen LogP contribution in [0.1, 0.15) is 12.5 Å². The van der Waals surface area contributed by atoms with Crippen molar-refractivity contribution in [2.45, 2.75) is 19.4 Å². The maximum Gasteiger partial charge on any atom is 0.247 e. The highest BCUT2D eigenvalue weighted by molar-refractivity contribution is 5.97. The van der Waals surface area contributed by atoms with Crippen LogP contribution in [0.2, 0.25) is 0 Å². The van der Waals surface area contributed by atoms with Crippen molar-refractivity contribution in [1.82, 2.24) is 10.3 Å². The van der Waals surface area contributed by atoms with Gasteiger partial charge in [-0.15, -0.1) is 0 Å². The van der Waals surface area contributed by atoms with E-state index in [0.717, 1.165) is 22.5 Å². The van der Waals surface area contributed by atoms with E-state index in [4.69, 9.17) is 0 Å². The molecule has 1 heterocycles. The van der Waals surface area contributed by atoms with Gasteiger partial charge in [0.2, 0.25) is 11.8 Å². The molecule has 5 nitrogen and oxygen atoms in total. The van der Waals surface area contributed by atoms with Gasteiger partial charge in [-0.25, -0.2) is 13.2 Å². The molecule has 0 spiro atoms. The summed E-state index contributed by atoms with van der Waals surface area (Å²) in [4.78, 5) is 27.1. The molecule has 1 aromatic heterocycles. The number of anilines is 1. The van der Waals surface area contributed by atoms with E-state index in [9.17, 15) is 22.8 Å². The van der Waals surface area contributed by atoms with Crippen molar-refractivity contribution < 1.29 is 22.8 Å². The van der Waals surface area contributed by atoms with E-state index in [1.165, 1.54) is 6.92 Å². The first kappa shape index (κ1) is 18.5. The zero-order chi connectivity index (χ0) is 19.6. The van der Waals surface area contributed by atoms with Crippen LogP contribution >= 0.6 is 0 Å². The number of benzene rings is 2. The number of nitrogens with one attached hydrogen (secondary N) is 3. The Labute approximate surface area is 152 Å². The molecule has 0 saturated carbocycles. The summed E-state index contributed by atoms with van der Waals surface area (Å²) in [5.74, 6) is -5.75. The van der Waals surface area contributed by atoms with Crippen LogP contribution in [0.4, 0.5) is 18.9 Å². The minimum Gasteiger partial charge on any atom is -0.361 e. The number of aromatic amines is 1. The third-order valence-corrected chi connectivity index (χ3v) is 4.09. The van der Waals surface area contributed by atoms with E-state index in [1.807, 2.05) is 24.3 Å². The number of fused-ring (bicyclic) bond motifs is 1. The fourth-order valence-corrected chi connectivity index (χ4v) is 2.82. The largest absolute Gasteiger partial charge is 0.361 e. The number of para-hydroxylation sites is 1. The standard InChI is InChI=1S/C19H16F3N3O2/c1-10(26)24-16(8-11-9-23-14-5-3-2-4-12(11)14)19(27)25-15-7-6-13(20)17(21)18(15)22/h2-7,9,16,23H,8H2,1H3,(H,24,26)(H,25,27). The molecule has 3 N–H and O–H groups in total. The molecule has 1 unspecified atom stereocenters. The third kappa shape index (κ3) is 3.94. The van der Waals surface area contributed by atoms with Gasteiger partial charge in [-0.2, -0.15) is 0 Å². The van der Waals surface area contributed by atoms with Crippen molar-refractivity contribution in [2.24, 2.45) is 0 Å². The molecule has 0 aliphatic heterocycles. The van der Waals surface area contributed by atoms with Crippen molar-refractivity contribution in [3.05, 3.63) is 65.6 Å². The summed E-state index contributed by atoms with van der Waals surface area (Å²) in [6.07, 6.45) is 1.84. The summed E-state index contributed by atoms with van der Waals surface area (Å²) in [6.45, 7) is 1.24. The number of carbonyl (C=O) groups is 2. The number of H-pyrrole nitrogens is 1. The monoisotopic (exact) mass is 375 g/mol. The molecule has 0 aliphatic rings. The maximum absolute atomic E-state index is 13.8. The van der Waals surface area contributed by atoms with E-state index in [0.29, 0.717) is 6.07 Å². The topological polar surface area (TPSA) is 74.0 Å². The summed E-state index contributed by atoms with van der Waals surface area (Å²) in [7, 11) is 0. The SMILES string of the molecule is CC(=O)NC(Cc1c[nH]c2ccccc12)C(=O)Nc1ccc(F)c(F)c1F. The quantitative estimate of drug-likeness (QED) is 0.599. The van der Waals surface area contributed by atoms with Crippen molar-refractivity contribution in [2.75, 3.05) is 5.32 Å². The molecular weight excluding hydrogens is 359 g/mol. The number of rotatable bonds is 5. The summed E-state index contributed by atoms with van der Waals surface area (Å²) in [5, 5.41) is 5.57. The van der Waals surface area contributed by atoms with Crippen LogP contribution in [0, 0.1) is 17.5 Å². The van der Waals surface area contributed by atoms with Gasteiger partial charge in [0, 0.05) is 30.4 Å². The molecule has 0 fully saturated rings. The Hall–Kier alpha value is -3.29. The third-order valence-electron chi connectivity index (χ3n) is 4.09. The van der Waals surface area contributed by atoms with Crippen molar-refractivity contribution in [3.8, 4) is 0 Å². The van der Waals surface area contributed by atoms with Crippen LogP contribution in [-0.4, -0.2) is 22.8 Å². The fourth-order valence-electron chi connectivity index (χ4n) is 2.82. The van der Waals surface area contributed by atoms with Gasteiger partial charge in [-0.3, -0.25) is 9.59 Å². The first-order chi connectivity index (χ1) is 12.9. The molecule has 0 saturated heterocycles. The van der Waals surface area contributed by atoms with Crippen molar-refractivity contribution in [3.63, 3.8) is 0 Å². The van der Waals surface area contributed by atoms with E-state index >= 15 is 0 Å². The lowest BCUT2D eigenvalue weighted by Gasteiger charge is -2.18. The van der Waals surface area contributed by atoms with Crippen LogP contribution in [0.5, 0.6) is 0 Å². The highest BCUT2D eigenvalue weighted by atomic mass is 19.2. The Balaban J connectivity index is 1.85. The van der Waals surface area contributed by atoms with Gasteiger partial charge in [0.15, 0.2) is 17.5 Å². The first-order valence-corrected chi connectivity index (χ1v) is 8.13. The first-order valence-electron chi connectivity index (χ1n) is 8.13. The van der Waals surface area contributed by atoms with Crippen LogP contribution in [0.3, 0.4) is 0 Å². The molecule has 8 heteroatoms.